The SMILES string of the molecule is NC(=O)c1cc(F)c(Br)c2c3c([nH]c12)CCCC3. The maximum absolute atomic E-state index is 13.8. The molecule has 1 aromatic carbocycles. The fourth-order valence-electron chi connectivity index (χ4n) is 2.70. The number of halogens is 2. The van der Waals surface area contributed by atoms with Crippen molar-refractivity contribution in [2.24, 2.45) is 5.73 Å². The van der Waals surface area contributed by atoms with E-state index in [4.69, 9.17) is 5.73 Å². The number of carbonyl (C=O) groups is 1. The first kappa shape index (κ1) is 11.7. The molecular formula is C13H12BrFN2O. The third-order valence-corrected chi connectivity index (χ3v) is 4.31. The van der Waals surface area contributed by atoms with E-state index in [2.05, 4.69) is 20.9 Å². The van der Waals surface area contributed by atoms with Crippen LogP contribution in [0.1, 0.15) is 34.5 Å². The number of primary amides is 1. The molecule has 1 aliphatic rings. The van der Waals surface area contributed by atoms with Crippen LogP contribution in [0.4, 0.5) is 4.39 Å². The summed E-state index contributed by atoms with van der Waals surface area (Å²) in [6, 6.07) is 1.19. The van der Waals surface area contributed by atoms with Crippen LogP contribution in [0, 0.1) is 5.82 Å². The van der Waals surface area contributed by atoms with Crippen molar-refractivity contribution in [2.75, 3.05) is 0 Å². The quantitative estimate of drug-likeness (QED) is 0.835. The Bertz CT molecular complexity index is 663. The minimum atomic E-state index is -0.606. The summed E-state index contributed by atoms with van der Waals surface area (Å²) in [5.41, 5.74) is 8.41. The van der Waals surface area contributed by atoms with Crippen molar-refractivity contribution in [3.05, 3.63) is 33.2 Å². The Morgan fingerprint density at radius 1 is 1.39 bits per heavy atom. The van der Waals surface area contributed by atoms with Crippen molar-refractivity contribution < 1.29 is 9.18 Å². The molecule has 1 amide bonds. The highest BCUT2D eigenvalue weighted by molar-refractivity contribution is 9.10. The van der Waals surface area contributed by atoms with Crippen molar-refractivity contribution in [3.63, 3.8) is 0 Å². The zero-order valence-electron chi connectivity index (χ0n) is 9.65. The number of amides is 1. The van der Waals surface area contributed by atoms with E-state index in [-0.39, 0.29) is 5.56 Å². The fraction of sp³-hybridized carbons (Fsp3) is 0.308. The highest BCUT2D eigenvalue weighted by Crippen LogP contribution is 2.37. The van der Waals surface area contributed by atoms with Gasteiger partial charge in [-0.05, 0) is 53.2 Å². The molecule has 0 atom stereocenters. The van der Waals surface area contributed by atoms with Crippen LogP contribution in [0.2, 0.25) is 0 Å². The van der Waals surface area contributed by atoms with Gasteiger partial charge in [0.15, 0.2) is 0 Å². The van der Waals surface area contributed by atoms with Gasteiger partial charge in [0.1, 0.15) is 5.82 Å². The lowest BCUT2D eigenvalue weighted by molar-refractivity contribution is 0.100. The Morgan fingerprint density at radius 2 is 2.11 bits per heavy atom. The predicted molar refractivity (Wildman–Crippen MR) is 71.1 cm³/mol. The van der Waals surface area contributed by atoms with Crippen molar-refractivity contribution in [1.82, 2.24) is 4.98 Å². The van der Waals surface area contributed by atoms with Crippen LogP contribution in [0.5, 0.6) is 0 Å². The summed E-state index contributed by atoms with van der Waals surface area (Å²) >= 11 is 3.28. The third-order valence-electron chi connectivity index (χ3n) is 3.53. The molecule has 0 saturated heterocycles. The fourth-order valence-corrected chi connectivity index (χ4v) is 3.26. The number of aryl methyl sites for hydroxylation is 2. The van der Waals surface area contributed by atoms with E-state index in [0.717, 1.165) is 42.3 Å². The van der Waals surface area contributed by atoms with Gasteiger partial charge in [-0.2, -0.15) is 0 Å². The van der Waals surface area contributed by atoms with E-state index in [9.17, 15) is 9.18 Å². The Balaban J connectivity index is 2.43. The average molecular weight is 311 g/mol. The molecule has 2 aromatic rings. The summed E-state index contributed by atoms with van der Waals surface area (Å²) in [5.74, 6) is -1.05. The first-order valence-corrected chi connectivity index (χ1v) is 6.70. The second-order valence-electron chi connectivity index (χ2n) is 4.62. The van der Waals surface area contributed by atoms with Crippen molar-refractivity contribution in [1.29, 1.82) is 0 Å². The molecule has 0 bridgehead atoms. The summed E-state index contributed by atoms with van der Waals surface area (Å²) in [4.78, 5) is 14.6. The Kier molecular flexibility index (Phi) is 2.66. The Labute approximate surface area is 112 Å². The average Bonchev–Trinajstić information content (AvgIpc) is 2.72. The van der Waals surface area contributed by atoms with E-state index in [1.54, 1.807) is 0 Å². The number of hydrogen-bond donors (Lipinski definition) is 2. The van der Waals surface area contributed by atoms with Crippen LogP contribution in [0.15, 0.2) is 10.5 Å². The van der Waals surface area contributed by atoms with Crippen molar-refractivity contribution in [3.8, 4) is 0 Å². The van der Waals surface area contributed by atoms with Gasteiger partial charge in [-0.3, -0.25) is 4.79 Å². The van der Waals surface area contributed by atoms with Gasteiger partial charge >= 0.3 is 0 Å². The summed E-state index contributed by atoms with van der Waals surface area (Å²) in [6.45, 7) is 0. The van der Waals surface area contributed by atoms with Gasteiger partial charge in [0.05, 0.1) is 15.6 Å². The molecule has 18 heavy (non-hydrogen) atoms. The molecule has 1 heterocycles. The summed E-state index contributed by atoms with van der Waals surface area (Å²) in [6.07, 6.45) is 4.06. The number of aromatic nitrogens is 1. The van der Waals surface area contributed by atoms with Crippen molar-refractivity contribution >= 4 is 32.7 Å². The molecule has 0 saturated carbocycles. The minimum absolute atomic E-state index is 0.222. The van der Waals surface area contributed by atoms with E-state index >= 15 is 0 Å². The molecule has 0 fully saturated rings. The van der Waals surface area contributed by atoms with Gasteiger partial charge in [0.25, 0.3) is 5.91 Å². The summed E-state index contributed by atoms with van der Waals surface area (Å²) in [7, 11) is 0. The van der Waals surface area contributed by atoms with Crippen LogP contribution in [-0.4, -0.2) is 10.9 Å². The Hall–Kier alpha value is -1.36. The second kappa shape index (κ2) is 4.09. The number of aromatic amines is 1. The zero-order valence-corrected chi connectivity index (χ0v) is 11.2. The number of H-pyrrole nitrogens is 1. The molecule has 0 spiro atoms. The lowest BCUT2D eigenvalue weighted by Gasteiger charge is -2.11. The lowest BCUT2D eigenvalue weighted by atomic mass is 9.95. The first-order valence-electron chi connectivity index (χ1n) is 5.91. The number of nitrogens with one attached hydrogen (secondary N) is 1. The van der Waals surface area contributed by atoms with Crippen LogP contribution >= 0.6 is 15.9 Å². The molecule has 0 unspecified atom stereocenters. The molecule has 94 valence electrons. The van der Waals surface area contributed by atoms with Gasteiger partial charge in [-0.15, -0.1) is 0 Å². The molecular weight excluding hydrogens is 299 g/mol. The van der Waals surface area contributed by atoms with Gasteiger partial charge in [0.2, 0.25) is 0 Å². The van der Waals surface area contributed by atoms with Crippen LogP contribution in [0.3, 0.4) is 0 Å². The van der Waals surface area contributed by atoms with Gasteiger partial charge < -0.3 is 10.7 Å². The lowest BCUT2D eigenvalue weighted by Crippen LogP contribution is -2.12. The van der Waals surface area contributed by atoms with Gasteiger partial charge in [-0.25, -0.2) is 4.39 Å². The molecule has 3 nitrogen and oxygen atoms in total. The smallest absolute Gasteiger partial charge is 0.250 e. The monoisotopic (exact) mass is 310 g/mol. The molecule has 1 aliphatic carbocycles. The molecule has 0 aliphatic heterocycles. The third kappa shape index (κ3) is 1.57. The highest BCUT2D eigenvalue weighted by atomic mass is 79.9. The second-order valence-corrected chi connectivity index (χ2v) is 5.42. The molecule has 5 heteroatoms. The predicted octanol–water partition coefficient (Wildman–Crippen LogP) is 3.05. The first-order chi connectivity index (χ1) is 8.59. The van der Waals surface area contributed by atoms with Gasteiger partial charge in [-0.1, -0.05) is 0 Å². The number of rotatable bonds is 1. The number of nitrogens with two attached hydrogens (primary N) is 1. The number of fused-ring (bicyclic) bond motifs is 3. The van der Waals surface area contributed by atoms with E-state index < -0.39 is 11.7 Å². The van der Waals surface area contributed by atoms with E-state index in [0.29, 0.717) is 9.99 Å². The topological polar surface area (TPSA) is 58.9 Å². The van der Waals surface area contributed by atoms with Gasteiger partial charge in [0, 0.05) is 11.1 Å². The largest absolute Gasteiger partial charge is 0.366 e. The molecule has 3 rings (SSSR count). The highest BCUT2D eigenvalue weighted by Gasteiger charge is 2.22. The maximum Gasteiger partial charge on any atom is 0.250 e. The Morgan fingerprint density at radius 3 is 2.83 bits per heavy atom. The molecule has 0 radical (unpaired) electrons. The van der Waals surface area contributed by atoms with Crippen LogP contribution in [0.25, 0.3) is 10.9 Å². The number of benzene rings is 1. The minimum Gasteiger partial charge on any atom is -0.366 e. The maximum atomic E-state index is 13.8. The summed E-state index contributed by atoms with van der Waals surface area (Å²) in [5, 5.41) is 0.776. The van der Waals surface area contributed by atoms with Crippen LogP contribution < -0.4 is 5.73 Å². The van der Waals surface area contributed by atoms with E-state index in [1.807, 2.05) is 0 Å². The van der Waals surface area contributed by atoms with Crippen LogP contribution in [-0.2, 0) is 12.8 Å². The number of carbonyl (C=O) groups excluding carboxylic acids is 1. The molecule has 3 N–H and O–H groups in total. The number of hydrogen-bond acceptors (Lipinski definition) is 1. The van der Waals surface area contributed by atoms with Crippen molar-refractivity contribution in [2.45, 2.75) is 25.7 Å². The molecule has 1 aromatic heterocycles. The standard InChI is InChI=1S/C13H12BrFN2O/c14-11-8(15)5-7(13(16)18)12-10(11)6-3-1-2-4-9(6)17-12/h5,17H,1-4H2,(H2,16,18). The zero-order chi connectivity index (χ0) is 12.9. The van der Waals surface area contributed by atoms with E-state index in [1.165, 1.54) is 6.07 Å². The summed E-state index contributed by atoms with van der Waals surface area (Å²) < 4.78 is 14.3. The normalized spacial score (nSPS) is 14.8.